The number of esters is 1. The molecule has 126 valence electrons. The highest BCUT2D eigenvalue weighted by Gasteiger charge is 2.18. The molecule has 3 nitrogen and oxygen atoms in total. The van der Waals surface area contributed by atoms with E-state index in [1.165, 1.54) is 31.2 Å². The van der Waals surface area contributed by atoms with Crippen molar-refractivity contribution in [2.75, 3.05) is 6.61 Å². The van der Waals surface area contributed by atoms with Gasteiger partial charge in [-0.2, -0.15) is 0 Å². The molecule has 1 unspecified atom stereocenters. The molecule has 0 fully saturated rings. The van der Waals surface area contributed by atoms with E-state index in [1.807, 2.05) is 0 Å². The Bertz CT molecular complexity index is 788. The predicted molar refractivity (Wildman–Crippen MR) is 96.4 cm³/mol. The minimum atomic E-state index is -1.69. The number of hydrogen-bond donors (Lipinski definition) is 0. The molecule has 0 N–H and O–H groups in total. The van der Waals surface area contributed by atoms with Crippen molar-refractivity contribution in [1.29, 1.82) is 0 Å². The van der Waals surface area contributed by atoms with Crippen LogP contribution in [0.5, 0.6) is 0 Å². The number of ether oxygens (including phenoxy) is 1. The van der Waals surface area contributed by atoms with E-state index >= 15 is 0 Å². The summed E-state index contributed by atoms with van der Waals surface area (Å²) < 4.78 is 31.7. The van der Waals surface area contributed by atoms with Gasteiger partial charge in [-0.1, -0.05) is 39.7 Å². The molecule has 1 atom stereocenters. The van der Waals surface area contributed by atoms with Crippen LogP contribution in [0.3, 0.4) is 0 Å². The Morgan fingerprint density at radius 2 is 1.75 bits per heavy atom. The molecular formula is C17H13BrClFO3S. The molecule has 0 aromatic heterocycles. The van der Waals surface area contributed by atoms with E-state index < -0.39 is 22.6 Å². The lowest BCUT2D eigenvalue weighted by molar-refractivity contribution is -0.139. The first-order valence-electron chi connectivity index (χ1n) is 6.84. The SMILES string of the molecule is CC(=O)OC/C(=C(/Cl)c1ccc(Br)cc1)S(=O)c1ccc(F)cc1. The van der Waals surface area contributed by atoms with Crippen LogP contribution >= 0.6 is 27.5 Å². The van der Waals surface area contributed by atoms with E-state index in [1.54, 1.807) is 24.3 Å². The number of carbonyl (C=O) groups excluding carboxylic acids is 1. The van der Waals surface area contributed by atoms with Crippen molar-refractivity contribution in [2.45, 2.75) is 11.8 Å². The van der Waals surface area contributed by atoms with Crippen LogP contribution in [0.4, 0.5) is 4.39 Å². The van der Waals surface area contributed by atoms with Crippen LogP contribution in [-0.2, 0) is 20.3 Å². The van der Waals surface area contributed by atoms with Crippen LogP contribution in [0.2, 0.25) is 0 Å². The maximum Gasteiger partial charge on any atom is 0.302 e. The molecule has 0 aliphatic carbocycles. The standard InChI is InChI=1S/C17H13BrClFO3S/c1-11(21)23-10-16(17(19)12-2-4-13(18)5-3-12)24(22)15-8-6-14(20)7-9-15/h2-9H,10H2,1H3/b17-16-. The van der Waals surface area contributed by atoms with E-state index in [0.717, 1.165) is 4.47 Å². The predicted octanol–water partition coefficient (Wildman–Crippen LogP) is 4.87. The Morgan fingerprint density at radius 3 is 2.29 bits per heavy atom. The second-order valence-electron chi connectivity index (χ2n) is 4.75. The maximum atomic E-state index is 13.1. The summed E-state index contributed by atoms with van der Waals surface area (Å²) in [6, 6.07) is 12.3. The zero-order valence-corrected chi connectivity index (χ0v) is 15.8. The van der Waals surface area contributed by atoms with Gasteiger partial charge in [-0.15, -0.1) is 0 Å². The van der Waals surface area contributed by atoms with Crippen molar-refractivity contribution in [3.63, 3.8) is 0 Å². The molecule has 2 aromatic carbocycles. The second-order valence-corrected chi connectivity index (χ2v) is 7.54. The molecule has 0 amide bonds. The average Bonchev–Trinajstić information content (AvgIpc) is 2.55. The van der Waals surface area contributed by atoms with Gasteiger partial charge in [-0.05, 0) is 42.0 Å². The average molecular weight is 432 g/mol. The number of benzene rings is 2. The number of rotatable bonds is 5. The summed E-state index contributed by atoms with van der Waals surface area (Å²) in [4.78, 5) is 11.7. The van der Waals surface area contributed by atoms with Crippen molar-refractivity contribution in [2.24, 2.45) is 0 Å². The summed E-state index contributed by atoms with van der Waals surface area (Å²) in [6.45, 7) is 1.04. The van der Waals surface area contributed by atoms with E-state index in [2.05, 4.69) is 15.9 Å². The third-order valence-corrected chi connectivity index (χ3v) is 5.56. The van der Waals surface area contributed by atoms with E-state index in [9.17, 15) is 13.4 Å². The summed E-state index contributed by atoms with van der Waals surface area (Å²) in [5.41, 5.74) is 0.637. The molecule has 7 heteroatoms. The van der Waals surface area contributed by atoms with Gasteiger partial charge >= 0.3 is 5.97 Å². The molecule has 0 bridgehead atoms. The molecule has 0 aliphatic heterocycles. The van der Waals surface area contributed by atoms with Crippen LogP contribution in [0, 0.1) is 5.82 Å². The van der Waals surface area contributed by atoms with Gasteiger partial charge in [-0.3, -0.25) is 4.79 Å². The van der Waals surface area contributed by atoms with Crippen LogP contribution < -0.4 is 0 Å². The molecule has 0 spiro atoms. The van der Waals surface area contributed by atoms with Gasteiger partial charge in [0.05, 0.1) is 20.7 Å². The number of carbonyl (C=O) groups is 1. The molecule has 2 rings (SSSR count). The van der Waals surface area contributed by atoms with Gasteiger partial charge in [-0.25, -0.2) is 8.60 Å². The summed E-state index contributed by atoms with van der Waals surface area (Å²) >= 11 is 9.72. The van der Waals surface area contributed by atoms with Gasteiger partial charge in [0, 0.05) is 16.3 Å². The molecule has 0 heterocycles. The molecule has 0 radical (unpaired) electrons. The quantitative estimate of drug-likeness (QED) is 0.635. The third kappa shape index (κ3) is 5.00. The van der Waals surface area contributed by atoms with Crippen molar-refractivity contribution < 1.29 is 18.1 Å². The number of hydrogen-bond acceptors (Lipinski definition) is 3. The van der Waals surface area contributed by atoms with Gasteiger partial charge in [0.1, 0.15) is 12.4 Å². The Hall–Kier alpha value is -1.50. The van der Waals surface area contributed by atoms with Crippen LogP contribution in [0.15, 0.2) is 62.8 Å². The monoisotopic (exact) mass is 430 g/mol. The largest absolute Gasteiger partial charge is 0.460 e. The molecule has 0 saturated heterocycles. The molecule has 2 aromatic rings. The first kappa shape index (κ1) is 18.8. The van der Waals surface area contributed by atoms with Gasteiger partial charge in [0.2, 0.25) is 0 Å². The topological polar surface area (TPSA) is 43.4 Å². The summed E-state index contributed by atoms with van der Waals surface area (Å²) in [6.07, 6.45) is 0. The maximum absolute atomic E-state index is 13.1. The fourth-order valence-corrected chi connectivity index (χ4v) is 3.59. The first-order chi connectivity index (χ1) is 11.4. The van der Waals surface area contributed by atoms with E-state index in [4.69, 9.17) is 16.3 Å². The third-order valence-electron chi connectivity index (χ3n) is 3.00. The minimum Gasteiger partial charge on any atom is -0.460 e. The highest BCUT2D eigenvalue weighted by molar-refractivity contribution is 9.10. The van der Waals surface area contributed by atoms with Crippen molar-refractivity contribution in [3.05, 3.63) is 69.3 Å². The summed E-state index contributed by atoms with van der Waals surface area (Å²) in [5, 5.41) is 0.228. The van der Waals surface area contributed by atoms with E-state index in [-0.39, 0.29) is 16.5 Å². The number of halogens is 3. The lowest BCUT2D eigenvalue weighted by Gasteiger charge is -2.11. The smallest absolute Gasteiger partial charge is 0.302 e. The lowest BCUT2D eigenvalue weighted by atomic mass is 10.2. The fourth-order valence-electron chi connectivity index (χ4n) is 1.82. The Morgan fingerprint density at radius 1 is 1.17 bits per heavy atom. The van der Waals surface area contributed by atoms with E-state index in [0.29, 0.717) is 10.5 Å². The summed E-state index contributed by atoms with van der Waals surface area (Å²) in [5.74, 6) is -0.941. The fraction of sp³-hybridized carbons (Fsp3) is 0.118. The van der Waals surface area contributed by atoms with Crippen molar-refractivity contribution in [3.8, 4) is 0 Å². The van der Waals surface area contributed by atoms with Gasteiger partial charge in [0.15, 0.2) is 0 Å². The second kappa shape index (κ2) is 8.55. The van der Waals surface area contributed by atoms with Gasteiger partial charge < -0.3 is 4.74 Å². The highest BCUT2D eigenvalue weighted by atomic mass is 79.9. The Labute approximate surface area is 155 Å². The first-order valence-corrected chi connectivity index (χ1v) is 9.16. The molecular weight excluding hydrogens is 419 g/mol. The van der Waals surface area contributed by atoms with Crippen molar-refractivity contribution >= 4 is 49.3 Å². The zero-order valence-electron chi connectivity index (χ0n) is 12.6. The lowest BCUT2D eigenvalue weighted by Crippen LogP contribution is -2.09. The molecule has 24 heavy (non-hydrogen) atoms. The highest BCUT2D eigenvalue weighted by Crippen LogP contribution is 2.29. The van der Waals surface area contributed by atoms with Crippen LogP contribution in [0.25, 0.3) is 5.03 Å². The van der Waals surface area contributed by atoms with Crippen LogP contribution in [0.1, 0.15) is 12.5 Å². The van der Waals surface area contributed by atoms with Crippen LogP contribution in [-0.4, -0.2) is 16.8 Å². The summed E-state index contributed by atoms with van der Waals surface area (Å²) in [7, 11) is -1.69. The zero-order chi connectivity index (χ0) is 17.7. The normalized spacial score (nSPS) is 13.2. The molecule has 0 aliphatic rings. The Balaban J connectivity index is 2.44. The Kier molecular flexibility index (Phi) is 6.71. The van der Waals surface area contributed by atoms with Crippen molar-refractivity contribution in [1.82, 2.24) is 0 Å². The van der Waals surface area contributed by atoms with Gasteiger partial charge in [0.25, 0.3) is 0 Å². The molecule has 0 saturated carbocycles. The minimum absolute atomic E-state index is 0.214.